The van der Waals surface area contributed by atoms with Crippen LogP contribution in [0.5, 0.6) is 5.75 Å². The highest BCUT2D eigenvalue weighted by Gasteiger charge is 2.43. The van der Waals surface area contributed by atoms with Gasteiger partial charge >= 0.3 is 0 Å². The number of rotatable bonds is 3. The van der Waals surface area contributed by atoms with Gasteiger partial charge in [0.2, 0.25) is 5.95 Å². The van der Waals surface area contributed by atoms with Crippen molar-refractivity contribution in [1.82, 2.24) is 14.8 Å². The Morgan fingerprint density at radius 2 is 1.59 bits per heavy atom. The van der Waals surface area contributed by atoms with E-state index in [1.54, 1.807) is 6.33 Å². The second kappa shape index (κ2) is 8.40. The molecule has 0 aliphatic carbocycles. The summed E-state index contributed by atoms with van der Waals surface area (Å²) in [5.41, 5.74) is 6.90. The zero-order valence-corrected chi connectivity index (χ0v) is 21.9. The minimum Gasteiger partial charge on any atom is -0.480 e. The van der Waals surface area contributed by atoms with Gasteiger partial charge in [0.1, 0.15) is 24.2 Å². The summed E-state index contributed by atoms with van der Waals surface area (Å²) in [5.74, 6) is 1.70. The molecule has 2 aliphatic rings. The summed E-state index contributed by atoms with van der Waals surface area (Å²) >= 11 is 7.15. The molecular weight excluding hydrogens is 556 g/mol. The number of ether oxygens (including phenoxy) is 1. The SMILES string of the molecule is CCc1ccc2c(c1)C1=C(C(c3ccc(Br)cc3)O2)C(c2ccc(Br)cc2)n2ncnc2N1C. The Bertz CT molecular complexity index is 1410. The van der Waals surface area contributed by atoms with Gasteiger partial charge in [0.05, 0.1) is 5.70 Å². The van der Waals surface area contributed by atoms with E-state index in [2.05, 4.69) is 128 Å². The van der Waals surface area contributed by atoms with Crippen LogP contribution in [0, 0.1) is 0 Å². The zero-order chi connectivity index (χ0) is 23.4. The van der Waals surface area contributed by atoms with Crippen molar-refractivity contribution in [3.8, 4) is 5.75 Å². The molecular formula is C27H22Br2N4O. The highest BCUT2D eigenvalue weighted by Crippen LogP contribution is 2.52. The first-order chi connectivity index (χ1) is 16.5. The number of hydrogen-bond acceptors (Lipinski definition) is 4. The number of anilines is 1. The molecule has 0 amide bonds. The Morgan fingerprint density at radius 3 is 2.26 bits per heavy atom. The highest BCUT2D eigenvalue weighted by molar-refractivity contribution is 9.10. The molecule has 6 rings (SSSR count). The number of halogens is 2. The van der Waals surface area contributed by atoms with E-state index in [0.717, 1.165) is 55.0 Å². The molecule has 3 aromatic carbocycles. The molecule has 2 unspecified atom stereocenters. The molecule has 0 radical (unpaired) electrons. The van der Waals surface area contributed by atoms with E-state index >= 15 is 0 Å². The first kappa shape index (κ1) is 21.6. The Kier molecular flexibility index (Phi) is 5.34. The van der Waals surface area contributed by atoms with Gasteiger partial charge in [0.15, 0.2) is 0 Å². The van der Waals surface area contributed by atoms with Crippen LogP contribution < -0.4 is 9.64 Å². The molecule has 170 valence electrons. The second-order valence-corrected chi connectivity index (χ2v) is 10.4. The van der Waals surface area contributed by atoms with Crippen LogP contribution in [0.3, 0.4) is 0 Å². The number of fused-ring (bicyclic) bond motifs is 3. The normalized spacial score (nSPS) is 18.8. The lowest BCUT2D eigenvalue weighted by Crippen LogP contribution is -2.37. The Labute approximate surface area is 215 Å². The van der Waals surface area contributed by atoms with E-state index < -0.39 is 0 Å². The minimum atomic E-state index is -0.267. The van der Waals surface area contributed by atoms with Crippen LogP contribution >= 0.6 is 31.9 Å². The molecule has 5 nitrogen and oxygen atoms in total. The van der Waals surface area contributed by atoms with Crippen LogP contribution in [0.15, 0.2) is 87.6 Å². The van der Waals surface area contributed by atoms with Gasteiger partial charge < -0.3 is 9.64 Å². The maximum atomic E-state index is 6.77. The van der Waals surface area contributed by atoms with Gasteiger partial charge in [-0.2, -0.15) is 10.1 Å². The average Bonchev–Trinajstić information content (AvgIpc) is 3.35. The molecule has 1 aromatic heterocycles. The number of benzene rings is 3. The van der Waals surface area contributed by atoms with Crippen LogP contribution in [0.1, 0.15) is 41.3 Å². The Morgan fingerprint density at radius 1 is 0.912 bits per heavy atom. The van der Waals surface area contributed by atoms with Gasteiger partial charge in [-0.3, -0.25) is 0 Å². The smallest absolute Gasteiger partial charge is 0.229 e. The summed E-state index contributed by atoms with van der Waals surface area (Å²) in [5, 5.41) is 4.67. The minimum absolute atomic E-state index is 0.149. The predicted octanol–water partition coefficient (Wildman–Crippen LogP) is 6.95. The molecule has 0 bridgehead atoms. The Balaban J connectivity index is 1.66. The van der Waals surface area contributed by atoms with Crippen molar-refractivity contribution < 1.29 is 4.74 Å². The van der Waals surface area contributed by atoms with E-state index in [1.165, 1.54) is 5.56 Å². The average molecular weight is 578 g/mol. The first-order valence-corrected chi connectivity index (χ1v) is 12.8. The second-order valence-electron chi connectivity index (χ2n) is 8.56. The molecule has 0 fully saturated rings. The van der Waals surface area contributed by atoms with Crippen molar-refractivity contribution in [1.29, 1.82) is 0 Å². The van der Waals surface area contributed by atoms with Crippen molar-refractivity contribution in [2.75, 3.05) is 11.9 Å². The molecule has 7 heteroatoms. The number of nitrogens with zero attached hydrogens (tertiary/aromatic N) is 4. The van der Waals surface area contributed by atoms with Gasteiger partial charge in [-0.05, 0) is 59.5 Å². The summed E-state index contributed by atoms with van der Waals surface area (Å²) in [4.78, 5) is 6.79. The third-order valence-electron chi connectivity index (χ3n) is 6.60. The fourth-order valence-corrected chi connectivity index (χ4v) is 5.48. The van der Waals surface area contributed by atoms with Crippen molar-refractivity contribution in [2.24, 2.45) is 0 Å². The number of hydrogen-bond donors (Lipinski definition) is 0. The van der Waals surface area contributed by atoms with E-state index in [0.29, 0.717) is 0 Å². The molecule has 34 heavy (non-hydrogen) atoms. The summed E-state index contributed by atoms with van der Waals surface area (Å²) in [6.45, 7) is 2.18. The van der Waals surface area contributed by atoms with Gasteiger partial charge in [-0.1, -0.05) is 69.1 Å². The third-order valence-corrected chi connectivity index (χ3v) is 7.65. The molecule has 2 atom stereocenters. The lowest BCUT2D eigenvalue weighted by atomic mass is 9.84. The van der Waals surface area contributed by atoms with Gasteiger partial charge in [0.25, 0.3) is 0 Å². The predicted molar refractivity (Wildman–Crippen MR) is 141 cm³/mol. The maximum absolute atomic E-state index is 6.77. The van der Waals surface area contributed by atoms with Crippen molar-refractivity contribution in [3.05, 3.63) is 110 Å². The third kappa shape index (κ3) is 3.41. The number of aryl methyl sites for hydroxylation is 1. The largest absolute Gasteiger partial charge is 0.480 e. The highest BCUT2D eigenvalue weighted by atomic mass is 79.9. The van der Waals surface area contributed by atoms with Crippen LogP contribution in [-0.4, -0.2) is 21.8 Å². The standard InChI is InChI=1S/C27H22Br2N4O/c1-3-16-4-13-22-21(14-16)25-23(26(34-22)18-7-11-20(29)12-8-18)24(17-5-9-19(28)10-6-17)33-27(32(25)2)30-15-31-33/h4-15,24,26H,3H2,1-2H3. The first-order valence-electron chi connectivity index (χ1n) is 11.2. The maximum Gasteiger partial charge on any atom is 0.229 e. The van der Waals surface area contributed by atoms with Crippen LogP contribution in [0.4, 0.5) is 5.95 Å². The fraction of sp³-hybridized carbons (Fsp3) is 0.185. The van der Waals surface area contributed by atoms with Crippen LogP contribution in [0.25, 0.3) is 5.70 Å². The molecule has 0 N–H and O–H groups in total. The molecule has 4 aromatic rings. The van der Waals surface area contributed by atoms with Crippen LogP contribution in [0.2, 0.25) is 0 Å². The Hall–Kier alpha value is -2.90. The van der Waals surface area contributed by atoms with E-state index in [1.807, 2.05) is 4.68 Å². The lowest BCUT2D eigenvalue weighted by molar-refractivity contribution is 0.222. The van der Waals surface area contributed by atoms with Gasteiger partial charge in [0, 0.05) is 27.1 Å². The molecule has 3 heterocycles. The van der Waals surface area contributed by atoms with Crippen molar-refractivity contribution >= 4 is 43.5 Å². The summed E-state index contributed by atoms with van der Waals surface area (Å²) in [6.07, 6.45) is 2.33. The van der Waals surface area contributed by atoms with Crippen molar-refractivity contribution in [3.63, 3.8) is 0 Å². The summed E-state index contributed by atoms with van der Waals surface area (Å²) < 4.78 is 10.9. The topological polar surface area (TPSA) is 43.2 Å². The van der Waals surface area contributed by atoms with Gasteiger partial charge in [-0.15, -0.1) is 0 Å². The van der Waals surface area contributed by atoms with E-state index in [9.17, 15) is 0 Å². The molecule has 2 aliphatic heterocycles. The summed E-state index contributed by atoms with van der Waals surface area (Å²) in [6, 6.07) is 23.2. The summed E-state index contributed by atoms with van der Waals surface area (Å²) in [7, 11) is 2.07. The van der Waals surface area contributed by atoms with Crippen LogP contribution in [-0.2, 0) is 6.42 Å². The van der Waals surface area contributed by atoms with Gasteiger partial charge in [-0.25, -0.2) is 4.68 Å². The molecule has 0 spiro atoms. The molecule has 0 saturated carbocycles. The quantitative estimate of drug-likeness (QED) is 0.264. The monoisotopic (exact) mass is 576 g/mol. The fourth-order valence-electron chi connectivity index (χ4n) is 4.95. The van der Waals surface area contributed by atoms with Crippen molar-refractivity contribution in [2.45, 2.75) is 25.5 Å². The molecule has 0 saturated heterocycles. The zero-order valence-electron chi connectivity index (χ0n) is 18.7. The van der Waals surface area contributed by atoms with E-state index in [4.69, 9.17) is 4.74 Å². The number of aromatic nitrogens is 3. The lowest BCUT2D eigenvalue weighted by Gasteiger charge is -2.42. The van der Waals surface area contributed by atoms with E-state index in [-0.39, 0.29) is 12.1 Å².